The summed E-state index contributed by atoms with van der Waals surface area (Å²) in [6.07, 6.45) is -5.31. The molecule has 8 heteroatoms. The molecule has 0 amide bonds. The lowest BCUT2D eigenvalue weighted by molar-refractivity contribution is -0.128. The molecular weight excluding hydrogens is 223 g/mol. The molecule has 0 spiro atoms. The Morgan fingerprint density at radius 3 is 2.56 bits per heavy atom. The fourth-order valence-corrected chi connectivity index (χ4v) is 1.56. The largest absolute Gasteiger partial charge is 0.396 e. The molecule has 0 saturated carbocycles. The maximum atomic E-state index is 12.1. The average Bonchev–Trinajstić information content (AvgIpc) is 2.65. The normalized spacial score (nSPS) is 17.8. The van der Waals surface area contributed by atoms with Gasteiger partial charge in [0.1, 0.15) is 12.2 Å². The molecule has 1 aromatic heterocycles. The summed E-state index contributed by atoms with van der Waals surface area (Å²) < 4.78 is 36.2. The number of H-pyrrole nitrogens is 1. The zero-order valence-electron chi connectivity index (χ0n) is 8.51. The van der Waals surface area contributed by atoms with E-state index in [-0.39, 0.29) is 5.82 Å². The summed E-state index contributed by atoms with van der Waals surface area (Å²) >= 11 is 0. The predicted octanol–water partition coefficient (Wildman–Crippen LogP) is 0.319. The summed E-state index contributed by atoms with van der Waals surface area (Å²) in [5, 5.41) is 9.24. The van der Waals surface area contributed by atoms with Gasteiger partial charge in [0.25, 0.3) is 0 Å². The van der Waals surface area contributed by atoms with Crippen LogP contribution in [0.1, 0.15) is 5.82 Å². The van der Waals surface area contributed by atoms with E-state index in [1.165, 1.54) is 0 Å². The maximum Gasteiger partial charge on any atom is 0.396 e. The van der Waals surface area contributed by atoms with Gasteiger partial charge in [-0.05, 0) is 0 Å². The van der Waals surface area contributed by atoms with Gasteiger partial charge in [0.15, 0.2) is 0 Å². The van der Waals surface area contributed by atoms with Crippen LogP contribution < -0.4 is 10.2 Å². The Bertz CT molecular complexity index is 342. The first-order valence-corrected chi connectivity index (χ1v) is 4.98. The molecule has 1 aromatic rings. The summed E-state index contributed by atoms with van der Waals surface area (Å²) in [4.78, 5) is 5.68. The van der Waals surface area contributed by atoms with Gasteiger partial charge >= 0.3 is 6.18 Å². The molecule has 0 radical (unpaired) electrons. The van der Waals surface area contributed by atoms with Gasteiger partial charge in [-0.15, -0.1) is 5.10 Å². The van der Waals surface area contributed by atoms with Crippen molar-refractivity contribution in [3.05, 3.63) is 5.82 Å². The number of alkyl halides is 3. The molecule has 0 bridgehead atoms. The van der Waals surface area contributed by atoms with Crippen LogP contribution in [0.3, 0.4) is 0 Å². The van der Waals surface area contributed by atoms with Crippen molar-refractivity contribution < 1.29 is 13.2 Å². The van der Waals surface area contributed by atoms with E-state index in [1.807, 2.05) is 4.90 Å². The van der Waals surface area contributed by atoms with E-state index < -0.39 is 12.6 Å². The van der Waals surface area contributed by atoms with Crippen molar-refractivity contribution in [3.63, 3.8) is 0 Å². The Kier molecular flexibility index (Phi) is 2.99. The molecule has 2 rings (SSSR count). The summed E-state index contributed by atoms with van der Waals surface area (Å²) in [7, 11) is 0. The van der Waals surface area contributed by atoms with Crippen molar-refractivity contribution in [2.24, 2.45) is 0 Å². The molecule has 16 heavy (non-hydrogen) atoms. The van der Waals surface area contributed by atoms with E-state index in [0.29, 0.717) is 19.0 Å². The number of rotatable bonds is 2. The van der Waals surface area contributed by atoms with Crippen LogP contribution in [0.2, 0.25) is 0 Å². The predicted molar refractivity (Wildman–Crippen MR) is 51.2 cm³/mol. The summed E-state index contributed by atoms with van der Waals surface area (Å²) in [5.41, 5.74) is 0. The van der Waals surface area contributed by atoms with E-state index in [0.717, 1.165) is 13.1 Å². The highest BCUT2D eigenvalue weighted by Gasteiger charge is 2.30. The number of aromatic nitrogens is 3. The molecule has 1 fully saturated rings. The second-order valence-electron chi connectivity index (χ2n) is 3.61. The van der Waals surface area contributed by atoms with Crippen molar-refractivity contribution in [1.82, 2.24) is 20.5 Å². The third-order valence-electron chi connectivity index (χ3n) is 2.29. The van der Waals surface area contributed by atoms with Crippen molar-refractivity contribution in [2.75, 3.05) is 31.1 Å². The second kappa shape index (κ2) is 4.28. The molecule has 0 unspecified atom stereocenters. The number of hydrogen-bond acceptors (Lipinski definition) is 4. The van der Waals surface area contributed by atoms with Crippen LogP contribution in [0.25, 0.3) is 0 Å². The first-order chi connectivity index (χ1) is 7.54. The molecular formula is C8H12F3N5. The SMILES string of the molecule is FC(F)(F)Cc1nc(N2CCNCC2)n[nH]1. The number of aromatic amines is 1. The van der Waals surface area contributed by atoms with Gasteiger partial charge in [-0.3, -0.25) is 5.10 Å². The van der Waals surface area contributed by atoms with E-state index in [9.17, 15) is 13.2 Å². The van der Waals surface area contributed by atoms with Crippen molar-refractivity contribution in [2.45, 2.75) is 12.6 Å². The lowest BCUT2D eigenvalue weighted by Crippen LogP contribution is -2.44. The lowest BCUT2D eigenvalue weighted by Gasteiger charge is -2.25. The van der Waals surface area contributed by atoms with Gasteiger partial charge in [-0.2, -0.15) is 18.2 Å². The Labute approximate surface area is 90.0 Å². The molecule has 0 aromatic carbocycles. The zero-order valence-corrected chi connectivity index (χ0v) is 8.51. The highest BCUT2D eigenvalue weighted by molar-refractivity contribution is 5.29. The summed E-state index contributed by atoms with van der Waals surface area (Å²) in [6.45, 7) is 3.01. The smallest absolute Gasteiger partial charge is 0.337 e. The topological polar surface area (TPSA) is 56.8 Å². The molecule has 1 saturated heterocycles. The van der Waals surface area contributed by atoms with Gasteiger partial charge in [0.05, 0.1) is 0 Å². The van der Waals surface area contributed by atoms with Crippen molar-refractivity contribution in [3.8, 4) is 0 Å². The minimum Gasteiger partial charge on any atom is -0.337 e. The van der Waals surface area contributed by atoms with Crippen molar-refractivity contribution in [1.29, 1.82) is 0 Å². The third-order valence-corrected chi connectivity index (χ3v) is 2.29. The van der Waals surface area contributed by atoms with Crippen LogP contribution in [0, 0.1) is 0 Å². The van der Waals surface area contributed by atoms with E-state index in [1.54, 1.807) is 0 Å². The van der Waals surface area contributed by atoms with E-state index in [4.69, 9.17) is 0 Å². The zero-order chi connectivity index (χ0) is 11.6. The highest BCUT2D eigenvalue weighted by atomic mass is 19.4. The minimum absolute atomic E-state index is 0.138. The molecule has 1 aliphatic rings. The molecule has 0 aliphatic carbocycles. The van der Waals surface area contributed by atoms with Crippen LogP contribution in [0.4, 0.5) is 19.1 Å². The maximum absolute atomic E-state index is 12.1. The molecule has 0 atom stereocenters. The quantitative estimate of drug-likeness (QED) is 0.775. The van der Waals surface area contributed by atoms with Crippen LogP contribution >= 0.6 is 0 Å². The Morgan fingerprint density at radius 2 is 1.94 bits per heavy atom. The standard InChI is InChI=1S/C8H12F3N5/c9-8(10,11)5-6-13-7(15-14-6)16-3-1-12-2-4-16/h12H,1-5H2,(H,13,14,15). The van der Waals surface area contributed by atoms with Crippen LogP contribution in [0.15, 0.2) is 0 Å². The lowest BCUT2D eigenvalue weighted by atomic mass is 10.4. The highest BCUT2D eigenvalue weighted by Crippen LogP contribution is 2.20. The average molecular weight is 235 g/mol. The van der Waals surface area contributed by atoms with Crippen LogP contribution in [-0.4, -0.2) is 47.5 Å². The third kappa shape index (κ3) is 2.84. The molecule has 1 aliphatic heterocycles. The molecule has 2 N–H and O–H groups in total. The Morgan fingerprint density at radius 1 is 1.25 bits per heavy atom. The minimum atomic E-state index is -4.25. The van der Waals surface area contributed by atoms with Gasteiger partial charge in [-0.25, -0.2) is 0 Å². The van der Waals surface area contributed by atoms with Gasteiger partial charge < -0.3 is 10.2 Å². The fourth-order valence-electron chi connectivity index (χ4n) is 1.56. The van der Waals surface area contributed by atoms with Crippen molar-refractivity contribution >= 4 is 5.95 Å². The first kappa shape index (κ1) is 11.2. The summed E-state index contributed by atoms with van der Waals surface area (Å²) in [6, 6.07) is 0. The Hall–Kier alpha value is -1.31. The van der Waals surface area contributed by atoms with E-state index >= 15 is 0 Å². The van der Waals surface area contributed by atoms with E-state index in [2.05, 4.69) is 20.5 Å². The van der Waals surface area contributed by atoms with Crippen LogP contribution in [-0.2, 0) is 6.42 Å². The van der Waals surface area contributed by atoms with Gasteiger partial charge in [0.2, 0.25) is 5.95 Å². The number of anilines is 1. The number of hydrogen-bond donors (Lipinski definition) is 2. The second-order valence-corrected chi connectivity index (χ2v) is 3.61. The fraction of sp³-hybridized carbons (Fsp3) is 0.750. The number of halogens is 3. The van der Waals surface area contributed by atoms with Gasteiger partial charge in [-0.1, -0.05) is 0 Å². The molecule has 5 nitrogen and oxygen atoms in total. The molecule has 90 valence electrons. The first-order valence-electron chi connectivity index (χ1n) is 4.98. The number of piperazine rings is 1. The van der Waals surface area contributed by atoms with Gasteiger partial charge in [0, 0.05) is 26.2 Å². The Balaban J connectivity index is 2.01. The summed E-state index contributed by atoms with van der Waals surface area (Å²) in [5.74, 6) is 0.210. The van der Waals surface area contributed by atoms with Crippen LogP contribution in [0.5, 0.6) is 0 Å². The number of nitrogens with one attached hydrogen (secondary N) is 2. The monoisotopic (exact) mass is 235 g/mol. The number of nitrogens with zero attached hydrogens (tertiary/aromatic N) is 3. The molecule has 2 heterocycles.